The molecule has 2 fully saturated rings. The number of benzene rings is 1. The van der Waals surface area contributed by atoms with E-state index in [-0.39, 0.29) is 17.4 Å². The Morgan fingerprint density at radius 3 is 2.47 bits per heavy atom. The summed E-state index contributed by atoms with van der Waals surface area (Å²) in [5.74, 6) is 0.237. The Labute approximate surface area is 102 Å². The van der Waals surface area contributed by atoms with E-state index in [0.717, 1.165) is 6.42 Å². The van der Waals surface area contributed by atoms with E-state index in [9.17, 15) is 4.79 Å². The van der Waals surface area contributed by atoms with Crippen LogP contribution in [0.3, 0.4) is 0 Å². The molecule has 2 aliphatic rings. The van der Waals surface area contributed by atoms with E-state index in [2.05, 4.69) is 29.6 Å². The van der Waals surface area contributed by atoms with Crippen LogP contribution in [0.5, 0.6) is 0 Å². The van der Waals surface area contributed by atoms with Gasteiger partial charge in [0.1, 0.15) is 0 Å². The molecule has 1 aliphatic heterocycles. The Morgan fingerprint density at radius 2 is 1.76 bits per heavy atom. The molecule has 2 nitrogen and oxygen atoms in total. The second kappa shape index (κ2) is 4.17. The Hall–Kier alpha value is -1.31. The largest absolute Gasteiger partial charge is 0.349 e. The highest BCUT2D eigenvalue weighted by Gasteiger charge is 2.47. The van der Waals surface area contributed by atoms with Gasteiger partial charge in [0.25, 0.3) is 0 Å². The van der Waals surface area contributed by atoms with Crippen LogP contribution in [0.15, 0.2) is 30.3 Å². The number of amides is 1. The van der Waals surface area contributed by atoms with Gasteiger partial charge in [0.15, 0.2) is 0 Å². The number of hydrogen-bond donors (Lipinski definition) is 1. The van der Waals surface area contributed by atoms with Crippen LogP contribution in [-0.2, 0) is 4.79 Å². The van der Waals surface area contributed by atoms with Crippen molar-refractivity contribution in [1.29, 1.82) is 0 Å². The van der Waals surface area contributed by atoms with Crippen LogP contribution in [0.2, 0.25) is 0 Å². The predicted octanol–water partition coefficient (Wildman–Crippen LogP) is 3.20. The minimum Gasteiger partial charge on any atom is -0.349 e. The molecule has 1 N–H and O–H groups in total. The standard InChI is InChI=1S/C15H19NO/c17-13-11-15(9-5-2-6-10-15)14(16-13)12-7-3-1-4-8-12/h1,3-4,7-8,14H,2,5-6,9-11H2,(H,16,17). The minimum atomic E-state index is 0.205. The minimum absolute atomic E-state index is 0.205. The van der Waals surface area contributed by atoms with Crippen LogP contribution >= 0.6 is 0 Å². The van der Waals surface area contributed by atoms with Crippen LogP contribution in [0.1, 0.15) is 50.1 Å². The first kappa shape index (κ1) is 10.8. The number of nitrogens with one attached hydrogen (secondary N) is 1. The Bertz CT molecular complexity index is 406. The van der Waals surface area contributed by atoms with E-state index in [1.807, 2.05) is 6.07 Å². The number of carbonyl (C=O) groups excluding carboxylic acids is 1. The van der Waals surface area contributed by atoms with Gasteiger partial charge >= 0.3 is 0 Å². The van der Waals surface area contributed by atoms with Crippen LogP contribution in [0, 0.1) is 5.41 Å². The van der Waals surface area contributed by atoms with Gasteiger partial charge in [0.05, 0.1) is 6.04 Å². The fourth-order valence-corrected chi connectivity index (χ4v) is 3.59. The summed E-state index contributed by atoms with van der Waals surface area (Å²) < 4.78 is 0. The Balaban J connectivity index is 1.94. The first-order valence-corrected chi connectivity index (χ1v) is 6.65. The van der Waals surface area contributed by atoms with Gasteiger partial charge in [-0.1, -0.05) is 49.6 Å². The lowest BCUT2D eigenvalue weighted by Gasteiger charge is -2.37. The number of hydrogen-bond acceptors (Lipinski definition) is 1. The van der Waals surface area contributed by atoms with Gasteiger partial charge in [-0.3, -0.25) is 4.79 Å². The molecule has 0 bridgehead atoms. The van der Waals surface area contributed by atoms with Crippen LogP contribution < -0.4 is 5.32 Å². The van der Waals surface area contributed by atoms with Crippen molar-refractivity contribution in [3.63, 3.8) is 0 Å². The van der Waals surface area contributed by atoms with E-state index in [4.69, 9.17) is 0 Å². The molecular weight excluding hydrogens is 210 g/mol. The summed E-state index contributed by atoms with van der Waals surface area (Å²) in [7, 11) is 0. The molecule has 1 unspecified atom stereocenters. The maximum atomic E-state index is 11.8. The Morgan fingerprint density at radius 1 is 1.06 bits per heavy atom. The van der Waals surface area contributed by atoms with E-state index in [0.29, 0.717) is 0 Å². The number of carbonyl (C=O) groups is 1. The molecule has 0 aromatic heterocycles. The fourth-order valence-electron chi connectivity index (χ4n) is 3.59. The third-order valence-electron chi connectivity index (χ3n) is 4.41. The summed E-state index contributed by atoms with van der Waals surface area (Å²) in [5.41, 5.74) is 1.48. The summed E-state index contributed by atoms with van der Waals surface area (Å²) in [6.45, 7) is 0. The molecule has 1 saturated heterocycles. The Kier molecular flexibility index (Phi) is 2.65. The van der Waals surface area contributed by atoms with Crippen molar-refractivity contribution in [3.8, 4) is 0 Å². The SMILES string of the molecule is O=C1CC2(CCCCC2)C(c2ccccc2)N1. The van der Waals surface area contributed by atoms with Crippen LogP contribution in [-0.4, -0.2) is 5.91 Å². The van der Waals surface area contributed by atoms with Crippen molar-refractivity contribution in [2.24, 2.45) is 5.41 Å². The summed E-state index contributed by atoms with van der Waals surface area (Å²) in [5, 5.41) is 3.19. The maximum absolute atomic E-state index is 11.8. The van der Waals surface area contributed by atoms with Crippen molar-refractivity contribution in [2.75, 3.05) is 0 Å². The van der Waals surface area contributed by atoms with E-state index in [1.165, 1.54) is 37.7 Å². The first-order valence-electron chi connectivity index (χ1n) is 6.65. The third kappa shape index (κ3) is 1.86. The lowest BCUT2D eigenvalue weighted by Crippen LogP contribution is -2.31. The van der Waals surface area contributed by atoms with Crippen LogP contribution in [0.4, 0.5) is 0 Å². The first-order chi connectivity index (χ1) is 8.30. The molecule has 90 valence electrons. The topological polar surface area (TPSA) is 29.1 Å². The molecule has 3 rings (SSSR count). The highest BCUT2D eigenvalue weighted by molar-refractivity contribution is 5.80. The average molecular weight is 229 g/mol. The van der Waals surface area contributed by atoms with Crippen LogP contribution in [0.25, 0.3) is 0 Å². The zero-order valence-corrected chi connectivity index (χ0v) is 10.1. The highest BCUT2D eigenvalue weighted by Crippen LogP contribution is 2.51. The third-order valence-corrected chi connectivity index (χ3v) is 4.41. The summed E-state index contributed by atoms with van der Waals surface area (Å²) >= 11 is 0. The maximum Gasteiger partial charge on any atom is 0.221 e. The van der Waals surface area contributed by atoms with Crippen molar-refractivity contribution < 1.29 is 4.79 Å². The molecular formula is C15H19NO. The van der Waals surface area contributed by atoms with Gasteiger partial charge in [-0.25, -0.2) is 0 Å². The van der Waals surface area contributed by atoms with Gasteiger partial charge in [-0.2, -0.15) is 0 Å². The fraction of sp³-hybridized carbons (Fsp3) is 0.533. The summed E-state index contributed by atoms with van der Waals surface area (Å²) in [4.78, 5) is 11.8. The monoisotopic (exact) mass is 229 g/mol. The lowest BCUT2D eigenvalue weighted by atomic mass is 9.67. The van der Waals surface area contributed by atoms with Crippen molar-refractivity contribution in [3.05, 3.63) is 35.9 Å². The van der Waals surface area contributed by atoms with E-state index >= 15 is 0 Å². The molecule has 1 aromatic rings. The van der Waals surface area contributed by atoms with E-state index in [1.54, 1.807) is 0 Å². The van der Waals surface area contributed by atoms with Crippen molar-refractivity contribution in [1.82, 2.24) is 5.32 Å². The summed E-state index contributed by atoms with van der Waals surface area (Å²) in [6, 6.07) is 10.7. The second-order valence-corrected chi connectivity index (χ2v) is 5.51. The molecule has 1 saturated carbocycles. The van der Waals surface area contributed by atoms with Gasteiger partial charge in [0, 0.05) is 11.8 Å². The lowest BCUT2D eigenvalue weighted by molar-refractivity contribution is -0.119. The zero-order chi connectivity index (χ0) is 11.7. The number of rotatable bonds is 1. The molecule has 1 aromatic carbocycles. The normalized spacial score (nSPS) is 27.1. The molecule has 1 spiro atoms. The predicted molar refractivity (Wildman–Crippen MR) is 67.5 cm³/mol. The molecule has 2 heteroatoms. The molecule has 0 radical (unpaired) electrons. The quantitative estimate of drug-likeness (QED) is 0.787. The average Bonchev–Trinajstić information content (AvgIpc) is 2.68. The molecule has 1 aliphatic carbocycles. The summed E-state index contributed by atoms with van der Waals surface area (Å²) in [6.07, 6.45) is 7.01. The van der Waals surface area contributed by atoms with Crippen molar-refractivity contribution >= 4 is 5.91 Å². The zero-order valence-electron chi connectivity index (χ0n) is 10.1. The van der Waals surface area contributed by atoms with Gasteiger partial charge in [-0.05, 0) is 18.4 Å². The molecule has 1 atom stereocenters. The smallest absolute Gasteiger partial charge is 0.221 e. The molecule has 17 heavy (non-hydrogen) atoms. The van der Waals surface area contributed by atoms with Gasteiger partial charge < -0.3 is 5.32 Å². The molecule has 1 heterocycles. The second-order valence-electron chi connectivity index (χ2n) is 5.51. The highest BCUT2D eigenvalue weighted by atomic mass is 16.2. The van der Waals surface area contributed by atoms with Gasteiger partial charge in [0.2, 0.25) is 5.91 Å². The van der Waals surface area contributed by atoms with Gasteiger partial charge in [-0.15, -0.1) is 0 Å². The van der Waals surface area contributed by atoms with Crippen molar-refractivity contribution in [2.45, 2.75) is 44.6 Å². The van der Waals surface area contributed by atoms with E-state index < -0.39 is 0 Å². The molecule has 1 amide bonds.